The fraction of sp³-hybridized carbons (Fsp3) is 0.625. The van der Waals surface area contributed by atoms with Gasteiger partial charge in [0, 0.05) is 6.04 Å². The quantitative estimate of drug-likeness (QED) is 0.281. The van der Waals surface area contributed by atoms with E-state index in [9.17, 15) is 0 Å². The molecule has 2 N–H and O–H groups in total. The summed E-state index contributed by atoms with van der Waals surface area (Å²) in [6.07, 6.45) is 3.24. The van der Waals surface area contributed by atoms with Crippen LogP contribution < -0.4 is 5.73 Å². The number of nitrogens with zero attached hydrogens (tertiary/aromatic N) is 1. The molecule has 0 aliphatic carbocycles. The van der Waals surface area contributed by atoms with Crippen LogP contribution in [0, 0.1) is 5.92 Å². The number of rotatable bonds is 5. The van der Waals surface area contributed by atoms with Crippen LogP contribution in [0.2, 0.25) is 0 Å². The lowest BCUT2D eigenvalue weighted by Crippen LogP contribution is -2.27. The number of nitrogens with two attached hydrogens (primary N) is 1. The standard InChI is InChI=1S/C8H16N2O/c1-4-5-11-10-6-8(9)7(2)3/h4,6-8H,1,5,9H2,2-3H3/b10-6+. The van der Waals surface area contributed by atoms with Gasteiger partial charge in [0.25, 0.3) is 0 Å². The number of hydrogen-bond acceptors (Lipinski definition) is 3. The molecule has 0 bridgehead atoms. The molecule has 0 amide bonds. The zero-order valence-electron chi connectivity index (χ0n) is 7.16. The highest BCUT2D eigenvalue weighted by molar-refractivity contribution is 5.63. The van der Waals surface area contributed by atoms with Gasteiger partial charge in [-0.2, -0.15) is 0 Å². The zero-order valence-corrected chi connectivity index (χ0v) is 7.16. The molecule has 0 fully saturated rings. The molecule has 0 aliphatic heterocycles. The van der Waals surface area contributed by atoms with Crippen LogP contribution in [0.5, 0.6) is 0 Å². The molecule has 3 heteroatoms. The lowest BCUT2D eigenvalue weighted by Gasteiger charge is -2.07. The molecule has 0 aromatic rings. The van der Waals surface area contributed by atoms with Gasteiger partial charge >= 0.3 is 0 Å². The molecule has 0 saturated heterocycles. The summed E-state index contributed by atoms with van der Waals surface area (Å²) >= 11 is 0. The average molecular weight is 156 g/mol. The van der Waals surface area contributed by atoms with E-state index in [4.69, 9.17) is 10.6 Å². The van der Waals surface area contributed by atoms with Crippen molar-refractivity contribution in [3.05, 3.63) is 12.7 Å². The molecule has 1 unspecified atom stereocenters. The molecule has 0 spiro atoms. The van der Waals surface area contributed by atoms with Crippen molar-refractivity contribution < 1.29 is 4.84 Å². The first-order chi connectivity index (χ1) is 5.18. The fourth-order valence-corrected chi connectivity index (χ4v) is 0.381. The van der Waals surface area contributed by atoms with Crippen molar-refractivity contribution >= 4 is 6.21 Å². The van der Waals surface area contributed by atoms with E-state index in [-0.39, 0.29) is 6.04 Å². The van der Waals surface area contributed by atoms with Crippen LogP contribution >= 0.6 is 0 Å². The summed E-state index contributed by atoms with van der Waals surface area (Å²) in [5.74, 6) is 0.395. The van der Waals surface area contributed by atoms with Crippen LogP contribution in [0.4, 0.5) is 0 Å². The smallest absolute Gasteiger partial charge is 0.135 e. The van der Waals surface area contributed by atoms with Gasteiger partial charge in [-0.1, -0.05) is 31.7 Å². The highest BCUT2D eigenvalue weighted by Crippen LogP contribution is 1.94. The fourth-order valence-electron chi connectivity index (χ4n) is 0.381. The monoisotopic (exact) mass is 156 g/mol. The van der Waals surface area contributed by atoms with Crippen LogP contribution in [-0.4, -0.2) is 18.9 Å². The zero-order chi connectivity index (χ0) is 8.69. The van der Waals surface area contributed by atoms with Crippen molar-refractivity contribution in [1.82, 2.24) is 0 Å². The Hall–Kier alpha value is -0.830. The lowest BCUT2D eigenvalue weighted by atomic mass is 10.1. The first-order valence-electron chi connectivity index (χ1n) is 3.70. The van der Waals surface area contributed by atoms with Gasteiger partial charge in [-0.05, 0) is 5.92 Å². The Labute approximate surface area is 67.9 Å². The summed E-state index contributed by atoms with van der Waals surface area (Å²) in [6, 6.07) is -0.0279. The number of hydrogen-bond donors (Lipinski definition) is 1. The molecular formula is C8H16N2O. The molecule has 0 radical (unpaired) electrons. The topological polar surface area (TPSA) is 47.6 Å². The van der Waals surface area contributed by atoms with E-state index in [0.29, 0.717) is 12.5 Å². The van der Waals surface area contributed by atoms with Gasteiger partial charge in [0.2, 0.25) is 0 Å². The molecule has 3 nitrogen and oxygen atoms in total. The van der Waals surface area contributed by atoms with Gasteiger partial charge in [-0.25, -0.2) is 0 Å². The van der Waals surface area contributed by atoms with E-state index >= 15 is 0 Å². The summed E-state index contributed by atoms with van der Waals surface area (Å²) in [4.78, 5) is 4.78. The minimum atomic E-state index is -0.0279. The second-order valence-corrected chi connectivity index (χ2v) is 2.66. The molecule has 1 atom stereocenters. The Bertz CT molecular complexity index is 132. The lowest BCUT2D eigenvalue weighted by molar-refractivity contribution is 0.175. The Morgan fingerprint density at radius 1 is 1.64 bits per heavy atom. The van der Waals surface area contributed by atoms with Crippen LogP contribution in [0.1, 0.15) is 13.8 Å². The molecule has 0 heterocycles. The van der Waals surface area contributed by atoms with Crippen molar-refractivity contribution in [3.63, 3.8) is 0 Å². The maximum Gasteiger partial charge on any atom is 0.135 e. The molecule has 0 aromatic heterocycles. The summed E-state index contributed by atoms with van der Waals surface area (Å²) in [6.45, 7) is 7.98. The van der Waals surface area contributed by atoms with E-state index in [1.54, 1.807) is 12.3 Å². The largest absolute Gasteiger partial charge is 0.392 e. The molecule has 0 aliphatic rings. The highest BCUT2D eigenvalue weighted by Gasteiger charge is 2.02. The van der Waals surface area contributed by atoms with Gasteiger partial charge in [0.15, 0.2) is 0 Å². The van der Waals surface area contributed by atoms with Gasteiger partial charge in [0.1, 0.15) is 6.61 Å². The molecule has 0 rings (SSSR count). The summed E-state index contributed by atoms with van der Waals surface area (Å²) in [7, 11) is 0. The van der Waals surface area contributed by atoms with Crippen LogP contribution in [0.25, 0.3) is 0 Å². The van der Waals surface area contributed by atoms with Gasteiger partial charge in [-0.3, -0.25) is 0 Å². The molecule has 64 valence electrons. The summed E-state index contributed by atoms with van der Waals surface area (Å²) in [5, 5.41) is 3.66. The predicted molar refractivity (Wildman–Crippen MR) is 47.5 cm³/mol. The number of oxime groups is 1. The van der Waals surface area contributed by atoms with Crippen LogP contribution in [-0.2, 0) is 4.84 Å². The highest BCUT2D eigenvalue weighted by atomic mass is 16.6. The first-order valence-corrected chi connectivity index (χ1v) is 3.70. The summed E-state index contributed by atoms with van der Waals surface area (Å²) < 4.78 is 0. The average Bonchev–Trinajstić information content (AvgIpc) is 1.97. The molecular weight excluding hydrogens is 140 g/mol. The normalized spacial score (nSPS) is 13.8. The van der Waals surface area contributed by atoms with Crippen LogP contribution in [0.3, 0.4) is 0 Å². The molecule has 0 aromatic carbocycles. The minimum absolute atomic E-state index is 0.0279. The van der Waals surface area contributed by atoms with Crippen molar-refractivity contribution in [2.24, 2.45) is 16.8 Å². The van der Waals surface area contributed by atoms with Crippen molar-refractivity contribution in [2.45, 2.75) is 19.9 Å². The third kappa shape index (κ3) is 5.61. The van der Waals surface area contributed by atoms with Gasteiger partial charge in [0.05, 0.1) is 6.21 Å². The van der Waals surface area contributed by atoms with E-state index < -0.39 is 0 Å². The van der Waals surface area contributed by atoms with E-state index in [0.717, 1.165) is 0 Å². The van der Waals surface area contributed by atoms with Gasteiger partial charge in [-0.15, -0.1) is 0 Å². The van der Waals surface area contributed by atoms with E-state index in [2.05, 4.69) is 11.7 Å². The van der Waals surface area contributed by atoms with Crippen molar-refractivity contribution in [1.29, 1.82) is 0 Å². The Morgan fingerprint density at radius 3 is 2.73 bits per heavy atom. The third-order valence-electron chi connectivity index (χ3n) is 1.27. The van der Waals surface area contributed by atoms with Crippen molar-refractivity contribution in [3.8, 4) is 0 Å². The molecule has 0 saturated carbocycles. The first kappa shape index (κ1) is 10.2. The minimum Gasteiger partial charge on any atom is -0.392 e. The van der Waals surface area contributed by atoms with E-state index in [1.165, 1.54) is 0 Å². The van der Waals surface area contributed by atoms with E-state index in [1.807, 2.05) is 13.8 Å². The maximum atomic E-state index is 5.64. The Morgan fingerprint density at radius 2 is 2.27 bits per heavy atom. The van der Waals surface area contributed by atoms with Crippen molar-refractivity contribution in [2.75, 3.05) is 6.61 Å². The summed E-state index contributed by atoms with van der Waals surface area (Å²) in [5.41, 5.74) is 5.64. The van der Waals surface area contributed by atoms with Crippen LogP contribution in [0.15, 0.2) is 17.8 Å². The SMILES string of the molecule is C=CCO/N=C/C(N)C(C)C. The Kier molecular flexibility index (Phi) is 5.47. The Balaban J connectivity index is 3.47. The third-order valence-corrected chi connectivity index (χ3v) is 1.27. The van der Waals surface area contributed by atoms with Gasteiger partial charge < -0.3 is 10.6 Å². The molecule has 11 heavy (non-hydrogen) atoms. The maximum absolute atomic E-state index is 5.64. The predicted octanol–water partition coefficient (Wildman–Crippen LogP) is 1.16. The second-order valence-electron chi connectivity index (χ2n) is 2.66. The second kappa shape index (κ2) is 5.92.